The number of hydrogen-bond donors (Lipinski definition) is 2. The number of para-hydroxylation sites is 1. The summed E-state index contributed by atoms with van der Waals surface area (Å²) in [6.07, 6.45) is 0. The van der Waals surface area contributed by atoms with Gasteiger partial charge in [-0.2, -0.15) is 0 Å². The summed E-state index contributed by atoms with van der Waals surface area (Å²) in [6.45, 7) is 0.258. The Morgan fingerprint density at radius 1 is 1.37 bits per heavy atom. The van der Waals surface area contributed by atoms with Crippen molar-refractivity contribution in [2.45, 2.75) is 10.8 Å². The largest absolute Gasteiger partial charge is 0.326 e. The lowest BCUT2D eigenvalue weighted by atomic mass is 10.2. The van der Waals surface area contributed by atoms with Crippen LogP contribution in [0.5, 0.6) is 0 Å². The van der Waals surface area contributed by atoms with E-state index in [0.29, 0.717) is 14.5 Å². The quantitative estimate of drug-likeness (QED) is 0.852. The van der Waals surface area contributed by atoms with Crippen LogP contribution in [0, 0.1) is 0 Å². The smallest absolute Gasteiger partial charge is 0.271 e. The van der Waals surface area contributed by atoms with Gasteiger partial charge in [-0.3, -0.25) is 4.72 Å². The Morgan fingerprint density at radius 3 is 2.63 bits per heavy atom. The summed E-state index contributed by atoms with van der Waals surface area (Å²) < 4.78 is 27.7. The molecule has 0 aliphatic rings. The molecule has 2 rings (SSSR count). The molecule has 0 atom stereocenters. The van der Waals surface area contributed by atoms with Crippen LogP contribution in [0.15, 0.2) is 38.3 Å². The molecule has 8 heteroatoms. The highest BCUT2D eigenvalue weighted by Crippen LogP contribution is 2.35. The summed E-state index contributed by atoms with van der Waals surface area (Å²) in [7, 11) is -3.65. The molecule has 2 aromatic rings. The first-order valence-electron chi connectivity index (χ1n) is 5.19. The van der Waals surface area contributed by atoms with E-state index in [0.717, 1.165) is 16.9 Å². The van der Waals surface area contributed by atoms with E-state index in [-0.39, 0.29) is 10.8 Å². The van der Waals surface area contributed by atoms with Crippen LogP contribution in [0.25, 0.3) is 0 Å². The molecule has 0 fully saturated rings. The molecule has 3 N–H and O–H groups in total. The molecule has 1 aromatic heterocycles. The number of rotatable bonds is 4. The van der Waals surface area contributed by atoms with Crippen LogP contribution in [-0.4, -0.2) is 8.42 Å². The van der Waals surface area contributed by atoms with Crippen LogP contribution >= 0.6 is 38.9 Å². The van der Waals surface area contributed by atoms with E-state index in [1.54, 1.807) is 24.3 Å². The van der Waals surface area contributed by atoms with Crippen LogP contribution < -0.4 is 10.5 Å². The molecule has 19 heavy (non-hydrogen) atoms. The molecule has 0 aliphatic carbocycles. The standard InChI is InChI=1S/C11H10BrClN2O2S2/c12-11-8(13)5-10(18-11)19(16,17)15-9-4-2-1-3-7(9)6-14/h1-5,15H,6,14H2. The van der Waals surface area contributed by atoms with Crippen molar-refractivity contribution < 1.29 is 8.42 Å². The number of anilines is 1. The van der Waals surface area contributed by atoms with E-state index in [2.05, 4.69) is 20.7 Å². The van der Waals surface area contributed by atoms with E-state index in [1.807, 2.05) is 0 Å². The number of hydrogen-bond acceptors (Lipinski definition) is 4. The molecule has 0 bridgehead atoms. The van der Waals surface area contributed by atoms with Crippen molar-refractivity contribution in [3.63, 3.8) is 0 Å². The third-order valence-corrected chi connectivity index (χ3v) is 6.68. The van der Waals surface area contributed by atoms with Gasteiger partial charge in [0.2, 0.25) is 0 Å². The van der Waals surface area contributed by atoms with Gasteiger partial charge in [-0.05, 0) is 33.6 Å². The Morgan fingerprint density at radius 2 is 2.05 bits per heavy atom. The van der Waals surface area contributed by atoms with E-state index in [4.69, 9.17) is 17.3 Å². The number of sulfonamides is 1. The number of nitrogens with one attached hydrogen (secondary N) is 1. The lowest BCUT2D eigenvalue weighted by molar-refractivity contribution is 0.603. The highest BCUT2D eigenvalue weighted by atomic mass is 79.9. The lowest BCUT2D eigenvalue weighted by Crippen LogP contribution is -2.13. The molecule has 102 valence electrons. The second-order valence-corrected chi connectivity index (χ2v) is 8.34. The normalized spacial score (nSPS) is 11.5. The van der Waals surface area contributed by atoms with Crippen molar-refractivity contribution >= 4 is 54.6 Å². The van der Waals surface area contributed by atoms with Gasteiger partial charge >= 0.3 is 0 Å². The maximum Gasteiger partial charge on any atom is 0.271 e. The molecule has 0 amide bonds. The van der Waals surface area contributed by atoms with E-state index >= 15 is 0 Å². The highest BCUT2D eigenvalue weighted by Gasteiger charge is 2.19. The zero-order valence-electron chi connectivity index (χ0n) is 9.56. The summed E-state index contributed by atoms with van der Waals surface area (Å²) in [5.41, 5.74) is 6.78. The Balaban J connectivity index is 2.36. The Kier molecular flexibility index (Phi) is 4.52. The molecule has 1 aromatic carbocycles. The molecule has 0 radical (unpaired) electrons. The fraction of sp³-hybridized carbons (Fsp3) is 0.0909. The van der Waals surface area contributed by atoms with E-state index in [1.165, 1.54) is 6.07 Å². The first kappa shape index (κ1) is 14.8. The molecular weight excluding hydrogens is 372 g/mol. The van der Waals surface area contributed by atoms with Crippen molar-refractivity contribution in [2.75, 3.05) is 4.72 Å². The topological polar surface area (TPSA) is 72.2 Å². The van der Waals surface area contributed by atoms with Gasteiger partial charge in [0.1, 0.15) is 4.21 Å². The molecule has 0 unspecified atom stereocenters. The third kappa shape index (κ3) is 3.29. The zero-order chi connectivity index (χ0) is 14.0. The van der Waals surface area contributed by atoms with Crippen LogP contribution in [0.1, 0.15) is 5.56 Å². The van der Waals surface area contributed by atoms with Gasteiger partial charge in [0, 0.05) is 6.54 Å². The van der Waals surface area contributed by atoms with Crippen molar-refractivity contribution in [2.24, 2.45) is 5.73 Å². The van der Waals surface area contributed by atoms with Gasteiger partial charge < -0.3 is 5.73 Å². The van der Waals surface area contributed by atoms with Gasteiger partial charge in [0.05, 0.1) is 14.5 Å². The summed E-state index contributed by atoms with van der Waals surface area (Å²) >= 11 is 10.1. The second kappa shape index (κ2) is 5.80. The maximum absolute atomic E-state index is 12.2. The number of halogens is 2. The zero-order valence-corrected chi connectivity index (χ0v) is 13.5. The minimum Gasteiger partial charge on any atom is -0.326 e. The molecule has 0 spiro atoms. The summed E-state index contributed by atoms with van der Waals surface area (Å²) in [4.78, 5) is 0. The average molecular weight is 382 g/mol. The van der Waals surface area contributed by atoms with Crippen molar-refractivity contribution in [1.82, 2.24) is 0 Å². The SMILES string of the molecule is NCc1ccccc1NS(=O)(=O)c1cc(Cl)c(Br)s1. The summed E-state index contributed by atoms with van der Waals surface area (Å²) in [5.74, 6) is 0. The molecule has 0 aliphatic heterocycles. The van der Waals surface area contributed by atoms with Crippen molar-refractivity contribution in [3.8, 4) is 0 Å². The molecule has 1 heterocycles. The number of thiophene rings is 1. The van der Waals surface area contributed by atoms with Gasteiger partial charge in [-0.1, -0.05) is 29.8 Å². The number of benzene rings is 1. The second-order valence-electron chi connectivity index (χ2n) is 3.65. The van der Waals surface area contributed by atoms with E-state index < -0.39 is 10.0 Å². The first-order valence-corrected chi connectivity index (χ1v) is 8.66. The highest BCUT2D eigenvalue weighted by molar-refractivity contribution is 9.11. The number of nitrogens with two attached hydrogens (primary N) is 1. The van der Waals surface area contributed by atoms with E-state index in [9.17, 15) is 8.42 Å². The Hall–Kier alpha value is -0.600. The summed E-state index contributed by atoms with van der Waals surface area (Å²) in [5, 5.41) is 0.373. The van der Waals surface area contributed by atoms with Crippen LogP contribution in [0.2, 0.25) is 5.02 Å². The van der Waals surface area contributed by atoms with Gasteiger partial charge in [0.25, 0.3) is 10.0 Å². The third-order valence-electron chi connectivity index (χ3n) is 2.37. The Bertz CT molecular complexity index is 681. The summed E-state index contributed by atoms with van der Waals surface area (Å²) in [6, 6.07) is 8.40. The fourth-order valence-electron chi connectivity index (χ4n) is 1.45. The minimum absolute atomic E-state index is 0.149. The first-order chi connectivity index (χ1) is 8.94. The molecule has 4 nitrogen and oxygen atoms in total. The molecule has 0 saturated carbocycles. The van der Waals surface area contributed by atoms with Gasteiger partial charge in [0.15, 0.2) is 0 Å². The Labute approximate surface area is 128 Å². The van der Waals surface area contributed by atoms with Gasteiger partial charge in [-0.25, -0.2) is 8.42 Å². The fourth-order valence-corrected chi connectivity index (χ4v) is 4.95. The molecular formula is C11H10BrClN2O2S2. The predicted molar refractivity (Wildman–Crippen MR) is 82.2 cm³/mol. The predicted octanol–water partition coefficient (Wildman–Crippen LogP) is 3.42. The van der Waals surface area contributed by atoms with Crippen LogP contribution in [0.3, 0.4) is 0 Å². The lowest BCUT2D eigenvalue weighted by Gasteiger charge is -2.10. The average Bonchev–Trinajstić information content (AvgIpc) is 2.71. The van der Waals surface area contributed by atoms with Crippen LogP contribution in [-0.2, 0) is 16.6 Å². The van der Waals surface area contributed by atoms with Crippen LogP contribution in [0.4, 0.5) is 5.69 Å². The van der Waals surface area contributed by atoms with Gasteiger partial charge in [-0.15, -0.1) is 11.3 Å². The monoisotopic (exact) mass is 380 g/mol. The van der Waals surface area contributed by atoms with Crippen molar-refractivity contribution in [1.29, 1.82) is 0 Å². The minimum atomic E-state index is -3.65. The maximum atomic E-state index is 12.2. The van der Waals surface area contributed by atoms with Crippen molar-refractivity contribution in [3.05, 3.63) is 44.7 Å². The molecule has 0 saturated heterocycles.